The number of ether oxygens (including phenoxy) is 3. The SMILES string of the molecule is COc1cc(C(=O)N(C)Cc2ccccc2N2CCCCC2)cc2c1OCCO2. The van der Waals surface area contributed by atoms with Gasteiger partial charge < -0.3 is 24.0 Å². The Morgan fingerprint density at radius 1 is 1.10 bits per heavy atom. The molecule has 0 radical (unpaired) electrons. The average Bonchev–Trinajstić information content (AvgIpc) is 2.78. The average molecular weight is 396 g/mol. The molecule has 2 aromatic rings. The molecule has 0 N–H and O–H groups in total. The van der Waals surface area contributed by atoms with Crippen LogP contribution < -0.4 is 19.1 Å². The lowest BCUT2D eigenvalue weighted by molar-refractivity contribution is 0.0783. The molecule has 4 rings (SSSR count). The first kappa shape index (κ1) is 19.4. The number of hydrogen-bond acceptors (Lipinski definition) is 5. The van der Waals surface area contributed by atoms with E-state index >= 15 is 0 Å². The number of amides is 1. The number of rotatable bonds is 5. The number of methoxy groups -OCH3 is 1. The van der Waals surface area contributed by atoms with Crippen LogP contribution in [-0.2, 0) is 6.54 Å². The number of fused-ring (bicyclic) bond motifs is 1. The van der Waals surface area contributed by atoms with Crippen molar-refractivity contribution in [2.24, 2.45) is 0 Å². The molecule has 2 aliphatic rings. The molecular formula is C23H28N2O4. The molecule has 154 valence electrons. The van der Waals surface area contributed by atoms with Crippen LogP contribution in [0.15, 0.2) is 36.4 Å². The number of carbonyl (C=O) groups excluding carboxylic acids is 1. The Hall–Kier alpha value is -2.89. The van der Waals surface area contributed by atoms with Crippen molar-refractivity contribution in [3.8, 4) is 17.2 Å². The first-order chi connectivity index (χ1) is 14.2. The van der Waals surface area contributed by atoms with Crippen LogP contribution in [0.2, 0.25) is 0 Å². The maximum absolute atomic E-state index is 13.2. The number of carbonyl (C=O) groups is 1. The van der Waals surface area contributed by atoms with Gasteiger partial charge in [-0.3, -0.25) is 4.79 Å². The molecule has 2 aliphatic heterocycles. The Morgan fingerprint density at radius 2 is 1.86 bits per heavy atom. The van der Waals surface area contributed by atoms with Gasteiger partial charge >= 0.3 is 0 Å². The predicted octanol–water partition coefficient (Wildman–Crippen LogP) is 3.73. The number of benzene rings is 2. The molecule has 1 saturated heterocycles. The van der Waals surface area contributed by atoms with Gasteiger partial charge in [0, 0.05) is 37.9 Å². The van der Waals surface area contributed by atoms with E-state index in [9.17, 15) is 4.79 Å². The highest BCUT2D eigenvalue weighted by Gasteiger charge is 2.23. The van der Waals surface area contributed by atoms with E-state index in [0.29, 0.717) is 42.6 Å². The summed E-state index contributed by atoms with van der Waals surface area (Å²) in [5.74, 6) is 1.57. The summed E-state index contributed by atoms with van der Waals surface area (Å²) in [5, 5.41) is 0. The minimum Gasteiger partial charge on any atom is -0.493 e. The summed E-state index contributed by atoms with van der Waals surface area (Å²) in [7, 11) is 3.40. The molecule has 0 saturated carbocycles. The van der Waals surface area contributed by atoms with Gasteiger partial charge in [-0.1, -0.05) is 18.2 Å². The van der Waals surface area contributed by atoms with Crippen LogP contribution in [0.5, 0.6) is 17.2 Å². The molecule has 1 amide bonds. The van der Waals surface area contributed by atoms with E-state index in [0.717, 1.165) is 18.7 Å². The largest absolute Gasteiger partial charge is 0.493 e. The first-order valence-corrected chi connectivity index (χ1v) is 10.2. The van der Waals surface area contributed by atoms with Crippen LogP contribution in [-0.4, -0.2) is 51.3 Å². The van der Waals surface area contributed by atoms with Crippen LogP contribution >= 0.6 is 0 Å². The third kappa shape index (κ3) is 4.11. The number of hydrogen-bond donors (Lipinski definition) is 0. The van der Waals surface area contributed by atoms with Gasteiger partial charge in [-0.05, 0) is 43.0 Å². The van der Waals surface area contributed by atoms with Crippen LogP contribution in [0.1, 0.15) is 35.2 Å². The lowest BCUT2D eigenvalue weighted by Gasteiger charge is -2.31. The molecule has 0 aromatic heterocycles. The van der Waals surface area contributed by atoms with Crippen LogP contribution in [0.25, 0.3) is 0 Å². The van der Waals surface area contributed by atoms with Gasteiger partial charge in [0.05, 0.1) is 7.11 Å². The zero-order chi connectivity index (χ0) is 20.2. The smallest absolute Gasteiger partial charge is 0.254 e. The maximum atomic E-state index is 13.2. The molecule has 6 nitrogen and oxygen atoms in total. The summed E-state index contributed by atoms with van der Waals surface area (Å²) < 4.78 is 16.7. The van der Waals surface area contributed by atoms with Crippen molar-refractivity contribution < 1.29 is 19.0 Å². The standard InChI is InChI=1S/C23H28N2O4/c1-24(16-17-8-4-5-9-19(17)25-10-6-3-7-11-25)23(26)18-14-20(27-2)22-21(15-18)28-12-13-29-22/h4-5,8-9,14-15H,3,6-7,10-13,16H2,1-2H3. The van der Waals surface area contributed by atoms with Gasteiger partial charge in [0.15, 0.2) is 11.5 Å². The van der Waals surface area contributed by atoms with E-state index in [4.69, 9.17) is 14.2 Å². The van der Waals surface area contributed by atoms with Crippen molar-refractivity contribution >= 4 is 11.6 Å². The zero-order valence-corrected chi connectivity index (χ0v) is 17.1. The van der Waals surface area contributed by atoms with Crippen molar-refractivity contribution in [3.05, 3.63) is 47.5 Å². The minimum absolute atomic E-state index is 0.0753. The lowest BCUT2D eigenvalue weighted by atomic mass is 10.1. The summed E-state index contributed by atoms with van der Waals surface area (Å²) in [4.78, 5) is 17.3. The second-order valence-corrected chi connectivity index (χ2v) is 7.54. The molecule has 29 heavy (non-hydrogen) atoms. The molecule has 2 aromatic carbocycles. The fraction of sp³-hybridized carbons (Fsp3) is 0.435. The molecule has 6 heteroatoms. The Bertz CT molecular complexity index is 860. The van der Waals surface area contributed by atoms with Crippen LogP contribution in [0, 0.1) is 0 Å². The number of anilines is 1. The third-order valence-corrected chi connectivity index (χ3v) is 5.52. The lowest BCUT2D eigenvalue weighted by Crippen LogP contribution is -2.32. The number of piperidine rings is 1. The predicted molar refractivity (Wildman–Crippen MR) is 112 cm³/mol. The quantitative estimate of drug-likeness (QED) is 0.771. The summed E-state index contributed by atoms with van der Waals surface area (Å²) in [6.45, 7) is 3.64. The van der Waals surface area contributed by atoms with E-state index < -0.39 is 0 Å². The highest BCUT2D eigenvalue weighted by Crippen LogP contribution is 2.40. The maximum Gasteiger partial charge on any atom is 0.254 e. The summed E-state index contributed by atoms with van der Waals surface area (Å²) >= 11 is 0. The van der Waals surface area contributed by atoms with Gasteiger partial charge in [0.25, 0.3) is 5.91 Å². The van der Waals surface area contributed by atoms with E-state index in [1.165, 1.54) is 24.9 Å². The third-order valence-electron chi connectivity index (χ3n) is 5.52. The molecule has 1 fully saturated rings. The zero-order valence-electron chi connectivity index (χ0n) is 17.1. The van der Waals surface area contributed by atoms with E-state index in [2.05, 4.69) is 23.1 Å². The van der Waals surface area contributed by atoms with E-state index in [1.54, 1.807) is 24.1 Å². The topological polar surface area (TPSA) is 51.2 Å². The van der Waals surface area contributed by atoms with Crippen molar-refractivity contribution in [3.63, 3.8) is 0 Å². The van der Waals surface area contributed by atoms with Crippen LogP contribution in [0.4, 0.5) is 5.69 Å². The van der Waals surface area contributed by atoms with E-state index in [1.807, 2.05) is 13.1 Å². The minimum atomic E-state index is -0.0753. The normalized spacial score (nSPS) is 15.7. The molecule has 0 aliphatic carbocycles. The summed E-state index contributed by atoms with van der Waals surface area (Å²) in [6, 6.07) is 11.8. The second-order valence-electron chi connectivity index (χ2n) is 7.54. The Kier molecular flexibility index (Phi) is 5.79. The van der Waals surface area contributed by atoms with Crippen molar-refractivity contribution in [1.82, 2.24) is 4.90 Å². The van der Waals surface area contributed by atoms with Gasteiger partial charge in [-0.25, -0.2) is 0 Å². The van der Waals surface area contributed by atoms with Crippen molar-refractivity contribution in [2.75, 3.05) is 45.4 Å². The fourth-order valence-electron chi connectivity index (χ4n) is 4.03. The highest BCUT2D eigenvalue weighted by molar-refractivity contribution is 5.95. The van der Waals surface area contributed by atoms with Gasteiger partial charge in [0.2, 0.25) is 5.75 Å². The number of para-hydroxylation sites is 1. The van der Waals surface area contributed by atoms with Gasteiger partial charge in [0.1, 0.15) is 13.2 Å². The molecule has 0 spiro atoms. The van der Waals surface area contributed by atoms with Gasteiger partial charge in [-0.15, -0.1) is 0 Å². The molecular weight excluding hydrogens is 368 g/mol. The Labute approximate surface area is 172 Å². The number of nitrogens with zero attached hydrogens (tertiary/aromatic N) is 2. The van der Waals surface area contributed by atoms with Gasteiger partial charge in [-0.2, -0.15) is 0 Å². The molecule has 0 atom stereocenters. The molecule has 2 heterocycles. The Morgan fingerprint density at radius 3 is 2.66 bits per heavy atom. The summed E-state index contributed by atoms with van der Waals surface area (Å²) in [5.41, 5.74) is 2.92. The highest BCUT2D eigenvalue weighted by atomic mass is 16.6. The monoisotopic (exact) mass is 396 g/mol. The van der Waals surface area contributed by atoms with Crippen LogP contribution in [0.3, 0.4) is 0 Å². The van der Waals surface area contributed by atoms with Crippen molar-refractivity contribution in [1.29, 1.82) is 0 Å². The summed E-state index contributed by atoms with van der Waals surface area (Å²) in [6.07, 6.45) is 3.74. The first-order valence-electron chi connectivity index (χ1n) is 10.2. The Balaban J connectivity index is 1.55. The molecule has 0 bridgehead atoms. The van der Waals surface area contributed by atoms with Crippen molar-refractivity contribution in [2.45, 2.75) is 25.8 Å². The second kappa shape index (κ2) is 8.64. The van der Waals surface area contributed by atoms with E-state index in [-0.39, 0.29) is 5.91 Å². The fourth-order valence-corrected chi connectivity index (χ4v) is 4.03. The molecule has 0 unspecified atom stereocenters.